The molecule has 3 N–H and O–H groups in total. The molecule has 1 rings (SSSR count). The fraction of sp³-hybridized carbons (Fsp3) is 0.364. The molecule has 0 aliphatic rings. The molecule has 0 aromatic heterocycles. The monoisotopic (exact) mass is 228 g/mol. The summed E-state index contributed by atoms with van der Waals surface area (Å²) < 4.78 is 26.6. The number of hydrogen-bond acceptors (Lipinski definition) is 2. The van der Waals surface area contributed by atoms with Crippen LogP contribution >= 0.6 is 0 Å². The molecule has 0 radical (unpaired) electrons. The third-order valence-electron chi connectivity index (χ3n) is 2.51. The Morgan fingerprint density at radius 1 is 1.50 bits per heavy atom. The zero-order valence-corrected chi connectivity index (χ0v) is 9.18. The third-order valence-corrected chi connectivity index (χ3v) is 2.51. The Hall–Kier alpha value is -1.49. The smallest absolute Gasteiger partial charge is 0.242 e. The molecule has 1 aromatic carbocycles. The van der Waals surface area contributed by atoms with E-state index in [0.29, 0.717) is 6.54 Å². The second kappa shape index (κ2) is 4.57. The van der Waals surface area contributed by atoms with Crippen molar-refractivity contribution in [1.82, 2.24) is 5.32 Å². The van der Waals surface area contributed by atoms with E-state index in [1.54, 1.807) is 6.92 Å². The molecule has 1 atom stereocenters. The molecule has 0 saturated carbocycles. The van der Waals surface area contributed by atoms with E-state index in [0.717, 1.165) is 6.07 Å². The van der Waals surface area contributed by atoms with Crippen molar-refractivity contribution in [2.45, 2.75) is 19.4 Å². The van der Waals surface area contributed by atoms with Crippen LogP contribution in [0.2, 0.25) is 0 Å². The fourth-order valence-electron chi connectivity index (χ4n) is 1.56. The molecule has 88 valence electrons. The lowest BCUT2D eigenvalue weighted by molar-refractivity contribution is -0.124. The lowest BCUT2D eigenvalue weighted by Gasteiger charge is -2.27. The summed E-state index contributed by atoms with van der Waals surface area (Å²) in [6, 6.07) is 3.67. The lowest BCUT2D eigenvalue weighted by atomic mass is 9.90. The average Bonchev–Trinajstić information content (AvgIpc) is 2.22. The highest BCUT2D eigenvalue weighted by Gasteiger charge is 2.35. The van der Waals surface area contributed by atoms with Gasteiger partial charge in [-0.1, -0.05) is 19.1 Å². The van der Waals surface area contributed by atoms with Crippen molar-refractivity contribution >= 4 is 5.91 Å². The van der Waals surface area contributed by atoms with Gasteiger partial charge in [-0.25, -0.2) is 8.78 Å². The maximum absolute atomic E-state index is 13.6. The number of amides is 1. The van der Waals surface area contributed by atoms with E-state index < -0.39 is 23.1 Å². The van der Waals surface area contributed by atoms with E-state index in [2.05, 4.69) is 5.32 Å². The summed E-state index contributed by atoms with van der Waals surface area (Å²) in [6.07, 6.45) is 0. The van der Waals surface area contributed by atoms with Crippen LogP contribution in [0.4, 0.5) is 8.78 Å². The number of nitrogens with one attached hydrogen (secondary N) is 1. The predicted molar refractivity (Wildman–Crippen MR) is 56.6 cm³/mol. The third kappa shape index (κ3) is 2.04. The molecule has 0 aliphatic heterocycles. The van der Waals surface area contributed by atoms with Gasteiger partial charge >= 0.3 is 0 Å². The first kappa shape index (κ1) is 12.6. The Bertz CT molecular complexity index is 409. The standard InChI is InChI=1S/C11H14F2N2O/c1-3-15-11(2,10(14)16)7-5-4-6-8(12)9(7)13/h4-6,15H,3H2,1-2H3,(H2,14,16). The van der Waals surface area contributed by atoms with Gasteiger partial charge in [-0.2, -0.15) is 0 Å². The van der Waals surface area contributed by atoms with Crippen LogP contribution in [-0.2, 0) is 10.3 Å². The van der Waals surface area contributed by atoms with E-state index in [1.807, 2.05) is 0 Å². The molecule has 1 aromatic rings. The topological polar surface area (TPSA) is 55.1 Å². The van der Waals surface area contributed by atoms with Crippen LogP contribution in [0.5, 0.6) is 0 Å². The Morgan fingerprint density at radius 3 is 2.62 bits per heavy atom. The number of carbonyl (C=O) groups excluding carboxylic acids is 1. The minimum Gasteiger partial charge on any atom is -0.368 e. The van der Waals surface area contributed by atoms with Crippen molar-refractivity contribution in [3.63, 3.8) is 0 Å². The van der Waals surface area contributed by atoms with Crippen LogP contribution in [0.15, 0.2) is 18.2 Å². The molecule has 0 spiro atoms. The molecule has 5 heteroatoms. The molecular formula is C11H14F2N2O. The zero-order chi connectivity index (χ0) is 12.3. The van der Waals surface area contributed by atoms with E-state index in [9.17, 15) is 13.6 Å². The Labute approximate surface area is 92.6 Å². The van der Waals surface area contributed by atoms with Gasteiger partial charge in [-0.05, 0) is 19.5 Å². The van der Waals surface area contributed by atoms with Crippen LogP contribution < -0.4 is 11.1 Å². The number of carbonyl (C=O) groups is 1. The van der Waals surface area contributed by atoms with Crippen LogP contribution in [0, 0.1) is 11.6 Å². The number of halogens is 2. The first-order valence-electron chi connectivity index (χ1n) is 4.93. The molecule has 0 heterocycles. The fourth-order valence-corrected chi connectivity index (χ4v) is 1.56. The van der Waals surface area contributed by atoms with Gasteiger partial charge in [0, 0.05) is 5.56 Å². The Balaban J connectivity index is 3.32. The van der Waals surface area contributed by atoms with Crippen LogP contribution in [-0.4, -0.2) is 12.5 Å². The van der Waals surface area contributed by atoms with E-state index >= 15 is 0 Å². The Morgan fingerprint density at radius 2 is 2.12 bits per heavy atom. The van der Waals surface area contributed by atoms with Crippen LogP contribution in [0.25, 0.3) is 0 Å². The molecule has 0 fully saturated rings. The summed E-state index contributed by atoms with van der Waals surface area (Å²) in [6.45, 7) is 3.59. The minimum atomic E-state index is -1.40. The van der Waals surface area contributed by atoms with E-state index in [1.165, 1.54) is 19.1 Å². The number of benzene rings is 1. The van der Waals surface area contributed by atoms with Crippen molar-refractivity contribution in [3.05, 3.63) is 35.4 Å². The summed E-state index contributed by atoms with van der Waals surface area (Å²) in [4.78, 5) is 11.3. The highest BCUT2D eigenvalue weighted by molar-refractivity contribution is 5.85. The van der Waals surface area contributed by atoms with Gasteiger partial charge in [-0.3, -0.25) is 4.79 Å². The van der Waals surface area contributed by atoms with Gasteiger partial charge in [0.15, 0.2) is 11.6 Å². The summed E-state index contributed by atoms with van der Waals surface area (Å²) in [5, 5.41) is 2.76. The minimum absolute atomic E-state index is 0.0816. The zero-order valence-electron chi connectivity index (χ0n) is 9.18. The normalized spacial score (nSPS) is 14.5. The highest BCUT2D eigenvalue weighted by Crippen LogP contribution is 2.24. The number of likely N-dealkylation sites (N-methyl/N-ethyl adjacent to an activating group) is 1. The van der Waals surface area contributed by atoms with Gasteiger partial charge in [0.1, 0.15) is 5.54 Å². The number of hydrogen-bond donors (Lipinski definition) is 2. The number of primary amides is 1. The predicted octanol–water partition coefficient (Wildman–Crippen LogP) is 1.27. The van der Waals surface area contributed by atoms with Crippen LogP contribution in [0.1, 0.15) is 19.4 Å². The maximum Gasteiger partial charge on any atom is 0.242 e. The maximum atomic E-state index is 13.6. The molecule has 1 unspecified atom stereocenters. The van der Waals surface area contributed by atoms with Gasteiger partial charge in [0.05, 0.1) is 0 Å². The van der Waals surface area contributed by atoms with Crippen LogP contribution in [0.3, 0.4) is 0 Å². The molecule has 0 aliphatic carbocycles. The van der Waals surface area contributed by atoms with Crippen molar-refractivity contribution in [2.75, 3.05) is 6.54 Å². The summed E-state index contributed by atoms with van der Waals surface area (Å²) in [5.41, 5.74) is 3.73. The van der Waals surface area contributed by atoms with Gasteiger partial charge in [0.25, 0.3) is 0 Å². The van der Waals surface area contributed by atoms with Gasteiger partial charge in [-0.15, -0.1) is 0 Å². The molecule has 0 bridgehead atoms. The second-order valence-electron chi connectivity index (χ2n) is 3.62. The largest absolute Gasteiger partial charge is 0.368 e. The first-order chi connectivity index (χ1) is 7.43. The molecule has 3 nitrogen and oxygen atoms in total. The lowest BCUT2D eigenvalue weighted by Crippen LogP contribution is -2.50. The number of nitrogens with two attached hydrogens (primary N) is 1. The summed E-state index contributed by atoms with van der Waals surface area (Å²) in [7, 11) is 0. The van der Waals surface area contributed by atoms with Crippen molar-refractivity contribution in [3.8, 4) is 0 Å². The molecule has 16 heavy (non-hydrogen) atoms. The van der Waals surface area contributed by atoms with Crippen molar-refractivity contribution in [1.29, 1.82) is 0 Å². The first-order valence-corrected chi connectivity index (χ1v) is 4.93. The van der Waals surface area contributed by atoms with E-state index in [-0.39, 0.29) is 5.56 Å². The van der Waals surface area contributed by atoms with Crippen molar-refractivity contribution < 1.29 is 13.6 Å². The van der Waals surface area contributed by atoms with E-state index in [4.69, 9.17) is 5.73 Å². The van der Waals surface area contributed by atoms with Gasteiger partial charge < -0.3 is 11.1 Å². The summed E-state index contributed by atoms with van der Waals surface area (Å²) >= 11 is 0. The van der Waals surface area contributed by atoms with Crippen molar-refractivity contribution in [2.24, 2.45) is 5.73 Å². The molecule has 1 amide bonds. The highest BCUT2D eigenvalue weighted by atomic mass is 19.2. The number of rotatable bonds is 4. The average molecular weight is 228 g/mol. The Kier molecular flexibility index (Phi) is 3.59. The SMILES string of the molecule is CCNC(C)(C(N)=O)c1cccc(F)c1F. The van der Waals surface area contributed by atoms with Gasteiger partial charge in [0.2, 0.25) is 5.91 Å². The molecular weight excluding hydrogens is 214 g/mol. The summed E-state index contributed by atoms with van der Waals surface area (Å²) in [5.74, 6) is -2.80. The molecule has 0 saturated heterocycles. The second-order valence-corrected chi connectivity index (χ2v) is 3.62. The quantitative estimate of drug-likeness (QED) is 0.815.